The quantitative estimate of drug-likeness (QED) is 0.839. The first-order chi connectivity index (χ1) is 9.44. The van der Waals surface area contributed by atoms with E-state index in [1.165, 1.54) is 0 Å². The van der Waals surface area contributed by atoms with Gasteiger partial charge < -0.3 is 5.11 Å². The van der Waals surface area contributed by atoms with E-state index in [0.29, 0.717) is 10.4 Å². The summed E-state index contributed by atoms with van der Waals surface area (Å²) in [6.45, 7) is -0.342. The smallest absolute Gasteiger partial charge is 0.416 e. The van der Waals surface area contributed by atoms with Gasteiger partial charge in [-0.25, -0.2) is 12.7 Å². The Morgan fingerprint density at radius 2 is 1.90 bits per heavy atom. The van der Waals surface area contributed by atoms with Crippen LogP contribution in [0.3, 0.4) is 0 Å². The van der Waals surface area contributed by atoms with E-state index in [9.17, 15) is 26.4 Å². The third-order valence-corrected chi connectivity index (χ3v) is 4.84. The molecule has 0 heterocycles. The maximum Gasteiger partial charge on any atom is 0.416 e. The molecular formula is C11H11BrF3NO4S. The molecule has 0 aliphatic carbocycles. The zero-order valence-corrected chi connectivity index (χ0v) is 13.1. The summed E-state index contributed by atoms with van der Waals surface area (Å²) in [6.07, 6.45) is -5.14. The number of hydrogen-bond donors (Lipinski definition) is 1. The minimum absolute atomic E-state index is 0.0393. The normalized spacial score (nSPS) is 12.7. The third kappa shape index (κ3) is 4.68. The third-order valence-electron chi connectivity index (χ3n) is 2.55. The predicted octanol–water partition coefficient (Wildman–Crippen LogP) is 2.56. The number of nitrogens with zero attached hydrogens (tertiary/aromatic N) is 1. The molecule has 21 heavy (non-hydrogen) atoms. The van der Waals surface area contributed by atoms with Crippen molar-refractivity contribution in [3.8, 4) is 0 Å². The van der Waals surface area contributed by atoms with E-state index in [1.54, 1.807) is 0 Å². The van der Waals surface area contributed by atoms with Gasteiger partial charge in [0.15, 0.2) is 0 Å². The number of aliphatic carboxylic acids is 1. The van der Waals surface area contributed by atoms with Crippen molar-refractivity contribution in [2.24, 2.45) is 0 Å². The molecule has 0 unspecified atom stereocenters. The minimum atomic E-state index is -4.69. The molecular weight excluding hydrogens is 379 g/mol. The fraction of sp³-hybridized carbons (Fsp3) is 0.364. The molecule has 0 spiro atoms. The molecule has 1 N–H and O–H groups in total. The first-order valence-corrected chi connectivity index (χ1v) is 7.74. The molecule has 0 aliphatic heterocycles. The van der Waals surface area contributed by atoms with E-state index in [2.05, 4.69) is 15.9 Å². The maximum absolute atomic E-state index is 12.7. The SMILES string of the molecule is CN(CCC(=O)O)S(=O)(=O)c1cc(Br)cc(C(F)(F)F)c1. The van der Waals surface area contributed by atoms with Gasteiger partial charge in [0.25, 0.3) is 0 Å². The van der Waals surface area contributed by atoms with E-state index in [1.807, 2.05) is 0 Å². The summed E-state index contributed by atoms with van der Waals surface area (Å²) >= 11 is 2.83. The summed E-state index contributed by atoms with van der Waals surface area (Å²) < 4.78 is 63.0. The van der Waals surface area contributed by atoms with E-state index in [4.69, 9.17) is 5.11 Å². The number of alkyl halides is 3. The average Bonchev–Trinajstić information content (AvgIpc) is 2.33. The molecule has 0 radical (unpaired) electrons. The summed E-state index contributed by atoms with van der Waals surface area (Å²) in [5, 5.41) is 8.52. The lowest BCUT2D eigenvalue weighted by Gasteiger charge is -2.17. The van der Waals surface area contributed by atoms with Gasteiger partial charge in [-0.15, -0.1) is 0 Å². The van der Waals surface area contributed by atoms with Gasteiger partial charge in [-0.3, -0.25) is 4.79 Å². The van der Waals surface area contributed by atoms with Gasteiger partial charge in [0.05, 0.1) is 16.9 Å². The summed E-state index contributed by atoms with van der Waals surface area (Å²) in [5.41, 5.74) is -1.11. The fourth-order valence-corrected chi connectivity index (χ4v) is 3.32. The molecule has 118 valence electrons. The van der Waals surface area contributed by atoms with Crippen molar-refractivity contribution < 1.29 is 31.5 Å². The Labute approximate surface area is 127 Å². The largest absolute Gasteiger partial charge is 0.481 e. The Hall–Kier alpha value is -1.13. The Kier molecular flexibility index (Phi) is 5.40. The Balaban J connectivity index is 3.19. The zero-order chi connectivity index (χ0) is 16.4. The van der Waals surface area contributed by atoms with Crippen molar-refractivity contribution in [3.05, 3.63) is 28.2 Å². The summed E-state index contributed by atoms with van der Waals surface area (Å²) in [5.74, 6) is -1.21. The monoisotopic (exact) mass is 389 g/mol. The van der Waals surface area contributed by atoms with Gasteiger partial charge in [-0.2, -0.15) is 13.2 Å². The first kappa shape index (κ1) is 17.9. The van der Waals surface area contributed by atoms with Gasteiger partial charge in [0, 0.05) is 18.1 Å². The number of benzene rings is 1. The van der Waals surface area contributed by atoms with Crippen LogP contribution in [0.2, 0.25) is 0 Å². The molecule has 0 fully saturated rings. The molecule has 1 aromatic rings. The molecule has 0 atom stereocenters. The van der Waals surface area contributed by atoms with Gasteiger partial charge in [-0.1, -0.05) is 15.9 Å². The second-order valence-corrected chi connectivity index (χ2v) is 7.10. The molecule has 1 rings (SSSR count). The van der Waals surface area contributed by atoms with Crippen LogP contribution in [0.1, 0.15) is 12.0 Å². The molecule has 0 saturated heterocycles. The van der Waals surface area contributed by atoms with E-state index < -0.39 is 39.0 Å². The number of halogens is 4. The Bertz CT molecular complexity index is 645. The topological polar surface area (TPSA) is 74.7 Å². The lowest BCUT2D eigenvalue weighted by molar-refractivity contribution is -0.138. The predicted molar refractivity (Wildman–Crippen MR) is 71.2 cm³/mol. The number of rotatable bonds is 5. The number of carboxylic acid groups (broad SMARTS) is 1. The van der Waals surface area contributed by atoms with Crippen LogP contribution >= 0.6 is 15.9 Å². The maximum atomic E-state index is 12.7. The number of carbonyl (C=O) groups is 1. The molecule has 0 amide bonds. The van der Waals surface area contributed by atoms with Crippen LogP contribution in [0.15, 0.2) is 27.6 Å². The number of hydrogen-bond acceptors (Lipinski definition) is 3. The summed E-state index contributed by atoms with van der Waals surface area (Å²) in [4.78, 5) is 9.87. The highest BCUT2D eigenvalue weighted by atomic mass is 79.9. The van der Waals surface area contributed by atoms with Crippen LogP contribution in [0.25, 0.3) is 0 Å². The van der Waals surface area contributed by atoms with E-state index in [0.717, 1.165) is 19.2 Å². The highest BCUT2D eigenvalue weighted by Crippen LogP contribution is 2.33. The van der Waals surface area contributed by atoms with Crippen molar-refractivity contribution in [2.45, 2.75) is 17.5 Å². The highest BCUT2D eigenvalue weighted by molar-refractivity contribution is 9.10. The van der Waals surface area contributed by atoms with Gasteiger partial charge in [0.1, 0.15) is 0 Å². The van der Waals surface area contributed by atoms with Crippen LogP contribution in [0.4, 0.5) is 13.2 Å². The summed E-state index contributed by atoms with van der Waals surface area (Å²) in [6, 6.07) is 2.30. The molecule has 0 saturated carbocycles. The number of carboxylic acids is 1. The van der Waals surface area contributed by atoms with E-state index >= 15 is 0 Å². The fourth-order valence-electron chi connectivity index (χ4n) is 1.43. The highest BCUT2D eigenvalue weighted by Gasteiger charge is 2.33. The minimum Gasteiger partial charge on any atom is -0.481 e. The average molecular weight is 390 g/mol. The lowest BCUT2D eigenvalue weighted by Crippen LogP contribution is -2.29. The molecule has 10 heteroatoms. The van der Waals surface area contributed by atoms with Crippen molar-refractivity contribution in [1.82, 2.24) is 4.31 Å². The van der Waals surface area contributed by atoms with Crippen LogP contribution < -0.4 is 0 Å². The van der Waals surface area contributed by atoms with Gasteiger partial charge in [-0.05, 0) is 18.2 Å². The summed E-state index contributed by atoms with van der Waals surface area (Å²) in [7, 11) is -3.10. The van der Waals surface area contributed by atoms with Crippen molar-refractivity contribution in [3.63, 3.8) is 0 Å². The van der Waals surface area contributed by atoms with Crippen LogP contribution in [-0.4, -0.2) is 37.4 Å². The van der Waals surface area contributed by atoms with Crippen LogP contribution in [-0.2, 0) is 21.0 Å². The molecule has 0 aliphatic rings. The van der Waals surface area contributed by atoms with Crippen LogP contribution in [0.5, 0.6) is 0 Å². The lowest BCUT2D eigenvalue weighted by atomic mass is 10.2. The second kappa shape index (κ2) is 6.32. The molecule has 5 nitrogen and oxygen atoms in total. The van der Waals surface area contributed by atoms with Gasteiger partial charge >= 0.3 is 12.1 Å². The van der Waals surface area contributed by atoms with Crippen molar-refractivity contribution in [1.29, 1.82) is 0 Å². The Morgan fingerprint density at radius 1 is 1.33 bits per heavy atom. The van der Waals surface area contributed by atoms with Gasteiger partial charge in [0.2, 0.25) is 10.0 Å². The number of sulfonamides is 1. The van der Waals surface area contributed by atoms with Crippen LogP contribution in [0, 0.1) is 0 Å². The molecule has 0 bridgehead atoms. The van der Waals surface area contributed by atoms with Crippen molar-refractivity contribution >= 4 is 31.9 Å². The standard InChI is InChI=1S/C11H11BrF3NO4S/c1-16(3-2-10(17)18)21(19,20)9-5-7(11(13,14)15)4-8(12)6-9/h4-6H,2-3H2,1H3,(H,17,18). The first-order valence-electron chi connectivity index (χ1n) is 5.50. The van der Waals surface area contributed by atoms with E-state index in [-0.39, 0.29) is 11.0 Å². The Morgan fingerprint density at radius 3 is 2.38 bits per heavy atom. The molecule has 1 aromatic carbocycles. The second-order valence-electron chi connectivity index (χ2n) is 4.14. The zero-order valence-electron chi connectivity index (χ0n) is 10.7. The van der Waals surface area contributed by atoms with Crippen molar-refractivity contribution in [2.75, 3.05) is 13.6 Å². The molecule has 0 aromatic heterocycles.